The van der Waals surface area contributed by atoms with E-state index in [1.54, 1.807) is 6.07 Å². The molecule has 0 saturated carbocycles. The lowest BCUT2D eigenvalue weighted by molar-refractivity contribution is -0.136. The minimum atomic E-state index is -2.94. The molecule has 0 atom stereocenters. The highest BCUT2D eigenvalue weighted by atomic mass is 19.3. The van der Waals surface area contributed by atoms with Gasteiger partial charge in [0.25, 0.3) is 6.43 Å². The molecular formula is C10H9F2N3O2. The van der Waals surface area contributed by atoms with Crippen LogP contribution in [0.15, 0.2) is 6.20 Å². The SMILES string of the molecule is N#Cc1cnc(CN)c(CC(=O)O)c1C(F)F. The summed E-state index contributed by atoms with van der Waals surface area (Å²) in [4.78, 5) is 14.3. The van der Waals surface area contributed by atoms with E-state index in [1.807, 2.05) is 0 Å². The Morgan fingerprint density at radius 1 is 1.65 bits per heavy atom. The molecule has 0 aliphatic heterocycles. The first kappa shape index (κ1) is 13.0. The fourth-order valence-electron chi connectivity index (χ4n) is 1.47. The predicted molar refractivity (Wildman–Crippen MR) is 53.1 cm³/mol. The Balaban J connectivity index is 3.47. The van der Waals surface area contributed by atoms with Crippen LogP contribution in [0.4, 0.5) is 8.78 Å². The van der Waals surface area contributed by atoms with Crippen molar-refractivity contribution in [2.75, 3.05) is 0 Å². The molecule has 0 spiro atoms. The number of hydrogen-bond donors (Lipinski definition) is 2. The van der Waals surface area contributed by atoms with Gasteiger partial charge in [0.1, 0.15) is 6.07 Å². The smallest absolute Gasteiger partial charge is 0.307 e. The molecule has 5 nitrogen and oxygen atoms in total. The van der Waals surface area contributed by atoms with Crippen LogP contribution in [0.3, 0.4) is 0 Å². The van der Waals surface area contributed by atoms with Crippen LogP contribution in [0.2, 0.25) is 0 Å². The average molecular weight is 241 g/mol. The molecule has 0 bridgehead atoms. The number of nitrogens with zero attached hydrogens (tertiary/aromatic N) is 2. The summed E-state index contributed by atoms with van der Waals surface area (Å²) >= 11 is 0. The minimum absolute atomic E-state index is 0.0710. The normalized spacial score (nSPS) is 10.3. The van der Waals surface area contributed by atoms with E-state index in [9.17, 15) is 13.6 Å². The molecule has 0 radical (unpaired) electrons. The molecule has 1 rings (SSSR count). The third kappa shape index (κ3) is 2.73. The average Bonchev–Trinajstić information content (AvgIpc) is 2.27. The molecule has 3 N–H and O–H groups in total. The van der Waals surface area contributed by atoms with E-state index in [1.165, 1.54) is 0 Å². The first-order valence-corrected chi connectivity index (χ1v) is 4.62. The number of alkyl halides is 2. The Kier molecular flexibility index (Phi) is 4.06. The summed E-state index contributed by atoms with van der Waals surface area (Å²) in [5.74, 6) is -1.28. The fourth-order valence-corrected chi connectivity index (χ4v) is 1.47. The predicted octanol–water partition coefficient (Wildman–Crippen LogP) is 0.977. The quantitative estimate of drug-likeness (QED) is 0.818. The van der Waals surface area contributed by atoms with Crippen LogP contribution >= 0.6 is 0 Å². The van der Waals surface area contributed by atoms with Crippen LogP contribution in [0.25, 0.3) is 0 Å². The monoisotopic (exact) mass is 241 g/mol. The number of aliphatic carboxylic acids is 1. The van der Waals surface area contributed by atoms with Gasteiger partial charge in [0, 0.05) is 18.3 Å². The number of carbonyl (C=O) groups is 1. The van der Waals surface area contributed by atoms with Gasteiger partial charge in [-0.3, -0.25) is 9.78 Å². The Bertz CT molecular complexity index is 483. The molecule has 0 aromatic carbocycles. The standard InChI is InChI=1S/C10H9F2N3O2/c11-10(12)9-5(2-13)4-15-7(3-14)6(9)1-8(16)17/h4,10H,1,3,14H2,(H,16,17). The number of aromatic nitrogens is 1. The molecule has 0 aliphatic rings. The van der Waals surface area contributed by atoms with E-state index in [-0.39, 0.29) is 23.4 Å². The first-order valence-electron chi connectivity index (χ1n) is 4.62. The van der Waals surface area contributed by atoms with Gasteiger partial charge in [-0.15, -0.1) is 0 Å². The Morgan fingerprint density at radius 2 is 2.29 bits per heavy atom. The topological polar surface area (TPSA) is 100 Å². The third-order valence-electron chi connectivity index (χ3n) is 2.17. The molecule has 0 unspecified atom stereocenters. The van der Waals surface area contributed by atoms with E-state index in [0.29, 0.717) is 0 Å². The summed E-state index contributed by atoms with van der Waals surface area (Å²) < 4.78 is 25.7. The number of rotatable bonds is 4. The molecule has 0 aliphatic carbocycles. The number of pyridine rings is 1. The van der Waals surface area contributed by atoms with E-state index in [2.05, 4.69) is 4.98 Å². The molecule has 90 valence electrons. The lowest BCUT2D eigenvalue weighted by Crippen LogP contribution is -2.13. The third-order valence-corrected chi connectivity index (χ3v) is 2.17. The number of carboxylic acids is 1. The Morgan fingerprint density at radius 3 is 2.71 bits per heavy atom. The molecule has 1 heterocycles. The van der Waals surface area contributed by atoms with Crippen molar-refractivity contribution in [3.63, 3.8) is 0 Å². The van der Waals surface area contributed by atoms with Crippen LogP contribution in [0.1, 0.15) is 28.8 Å². The van der Waals surface area contributed by atoms with Crippen LogP contribution < -0.4 is 5.73 Å². The van der Waals surface area contributed by atoms with Gasteiger partial charge < -0.3 is 10.8 Å². The summed E-state index contributed by atoms with van der Waals surface area (Å²) in [7, 11) is 0. The van der Waals surface area contributed by atoms with Crippen molar-refractivity contribution >= 4 is 5.97 Å². The van der Waals surface area contributed by atoms with Crippen molar-refractivity contribution in [1.29, 1.82) is 5.26 Å². The number of hydrogen-bond acceptors (Lipinski definition) is 4. The van der Waals surface area contributed by atoms with Crippen LogP contribution in [-0.2, 0) is 17.8 Å². The zero-order valence-corrected chi connectivity index (χ0v) is 8.65. The molecule has 7 heteroatoms. The summed E-state index contributed by atoms with van der Waals surface area (Å²) in [5, 5.41) is 17.3. The summed E-state index contributed by atoms with van der Waals surface area (Å²) in [6.45, 7) is -0.159. The Hall–Kier alpha value is -2.07. The zero-order valence-electron chi connectivity index (χ0n) is 8.65. The molecule has 17 heavy (non-hydrogen) atoms. The molecule has 0 amide bonds. The van der Waals surface area contributed by atoms with Gasteiger partial charge in [-0.2, -0.15) is 5.26 Å². The van der Waals surface area contributed by atoms with Crippen molar-refractivity contribution in [2.45, 2.75) is 19.4 Å². The van der Waals surface area contributed by atoms with Crippen LogP contribution in [-0.4, -0.2) is 16.1 Å². The van der Waals surface area contributed by atoms with Gasteiger partial charge >= 0.3 is 5.97 Å². The van der Waals surface area contributed by atoms with Gasteiger partial charge in [-0.1, -0.05) is 0 Å². The summed E-state index contributed by atoms with van der Waals surface area (Å²) in [6, 6.07) is 1.57. The molecule has 0 saturated heterocycles. The summed E-state index contributed by atoms with van der Waals surface area (Å²) in [5.41, 5.74) is 4.28. The second-order valence-electron chi connectivity index (χ2n) is 3.20. The van der Waals surface area contributed by atoms with Crippen LogP contribution in [0.5, 0.6) is 0 Å². The van der Waals surface area contributed by atoms with Gasteiger partial charge in [0.15, 0.2) is 0 Å². The molecular weight excluding hydrogens is 232 g/mol. The number of carboxylic acid groups (broad SMARTS) is 1. The van der Waals surface area contributed by atoms with E-state index in [0.717, 1.165) is 6.20 Å². The van der Waals surface area contributed by atoms with Crippen molar-refractivity contribution in [3.8, 4) is 6.07 Å². The zero-order chi connectivity index (χ0) is 13.0. The van der Waals surface area contributed by atoms with E-state index < -0.39 is 24.4 Å². The van der Waals surface area contributed by atoms with Gasteiger partial charge in [-0.25, -0.2) is 8.78 Å². The van der Waals surface area contributed by atoms with Gasteiger partial charge in [0.2, 0.25) is 0 Å². The van der Waals surface area contributed by atoms with Crippen molar-refractivity contribution in [3.05, 3.63) is 28.6 Å². The highest BCUT2D eigenvalue weighted by Crippen LogP contribution is 2.28. The maximum atomic E-state index is 12.8. The van der Waals surface area contributed by atoms with Crippen LogP contribution in [0, 0.1) is 11.3 Å². The lowest BCUT2D eigenvalue weighted by Gasteiger charge is -2.12. The summed E-state index contributed by atoms with van der Waals surface area (Å²) in [6.07, 6.45) is -2.59. The molecule has 0 fully saturated rings. The number of halogens is 2. The molecule has 1 aromatic rings. The maximum Gasteiger partial charge on any atom is 0.307 e. The van der Waals surface area contributed by atoms with Gasteiger partial charge in [0.05, 0.1) is 17.7 Å². The van der Waals surface area contributed by atoms with E-state index >= 15 is 0 Å². The number of nitriles is 1. The largest absolute Gasteiger partial charge is 0.481 e. The highest BCUT2D eigenvalue weighted by Gasteiger charge is 2.23. The van der Waals surface area contributed by atoms with Crippen molar-refractivity contribution < 1.29 is 18.7 Å². The van der Waals surface area contributed by atoms with Crippen molar-refractivity contribution in [2.24, 2.45) is 5.73 Å². The Labute approximate surface area is 95.5 Å². The van der Waals surface area contributed by atoms with Gasteiger partial charge in [-0.05, 0) is 5.56 Å². The second kappa shape index (κ2) is 5.32. The second-order valence-corrected chi connectivity index (χ2v) is 3.20. The van der Waals surface area contributed by atoms with E-state index in [4.69, 9.17) is 16.1 Å². The minimum Gasteiger partial charge on any atom is -0.481 e. The number of nitrogens with two attached hydrogens (primary N) is 1. The lowest BCUT2D eigenvalue weighted by atomic mass is 9.99. The molecule has 1 aromatic heterocycles. The van der Waals surface area contributed by atoms with Crippen molar-refractivity contribution in [1.82, 2.24) is 4.98 Å². The fraction of sp³-hybridized carbons (Fsp3) is 0.300. The first-order chi connectivity index (χ1) is 8.01. The maximum absolute atomic E-state index is 12.8. The highest BCUT2D eigenvalue weighted by molar-refractivity contribution is 5.71.